The lowest BCUT2D eigenvalue weighted by Gasteiger charge is -2.37. The molecule has 6 unspecified atom stereocenters. The molecule has 0 saturated heterocycles. The van der Waals surface area contributed by atoms with Crippen molar-refractivity contribution in [1.82, 2.24) is 0 Å². The SMILES string of the molecule is CC1=CC(P(C2=CC3=C(CCC3C3Cc4ccc(P(c5cc(C)cc(C)c5)c5cc(C)cc(N)c5)cc4C3)CC2C)c2cc(C)cc(C)c2)CC(C)=C1. The van der Waals surface area contributed by atoms with Crippen LogP contribution in [0, 0.1) is 52.4 Å². The molecule has 4 aliphatic carbocycles. The number of nitrogens with two attached hydrogens (primary N) is 1. The van der Waals surface area contributed by atoms with E-state index in [-0.39, 0.29) is 0 Å². The summed E-state index contributed by atoms with van der Waals surface area (Å²) in [6.45, 7) is 18.4. The minimum atomic E-state index is -0.718. The number of rotatable bonds is 7. The Balaban J connectivity index is 1.13. The van der Waals surface area contributed by atoms with Crippen molar-refractivity contribution in [2.45, 2.75) is 99.6 Å². The molecule has 6 atom stereocenters. The lowest BCUT2D eigenvalue weighted by Crippen LogP contribution is -2.22. The van der Waals surface area contributed by atoms with Crippen LogP contribution in [0.3, 0.4) is 0 Å². The Morgan fingerprint density at radius 1 is 0.604 bits per heavy atom. The Kier molecular flexibility index (Phi) is 10.1. The Morgan fingerprint density at radius 2 is 1.23 bits per heavy atom. The van der Waals surface area contributed by atoms with E-state index in [2.05, 4.69) is 146 Å². The molecule has 2 N–H and O–H groups in total. The maximum Gasteiger partial charge on any atom is 0.0323 e. The molecule has 0 heterocycles. The first-order valence-electron chi connectivity index (χ1n) is 19.9. The van der Waals surface area contributed by atoms with Crippen molar-refractivity contribution in [2.24, 2.45) is 17.8 Å². The van der Waals surface area contributed by atoms with Gasteiger partial charge in [0.1, 0.15) is 0 Å². The van der Waals surface area contributed by atoms with Crippen LogP contribution in [0.15, 0.2) is 119 Å². The summed E-state index contributed by atoms with van der Waals surface area (Å²) < 4.78 is 0. The summed E-state index contributed by atoms with van der Waals surface area (Å²) in [5, 5.41) is 7.55. The highest BCUT2D eigenvalue weighted by atomic mass is 31.1. The highest BCUT2D eigenvalue weighted by molar-refractivity contribution is 7.79. The standard InChI is InChI=1S/C50H57NP2/c1-30-13-31(2)18-44(17-30)52(47-23-36(7)16-42(51)28-47)43-11-9-38-25-41(26-40(38)27-43)48-12-10-39-24-37(8)50(29-49(39)48)53(45-19-32(3)14-33(4)20-45)46-21-34(5)15-35(6)22-46/h9,11,13-21,23,27-29,37,41,46,48H,10,12,22,24-26,51H2,1-8H3. The molecule has 53 heavy (non-hydrogen) atoms. The molecule has 1 nitrogen and oxygen atoms in total. The van der Waals surface area contributed by atoms with Crippen molar-refractivity contribution in [3.05, 3.63) is 158 Å². The quantitative estimate of drug-likeness (QED) is 0.149. The molecule has 0 amide bonds. The van der Waals surface area contributed by atoms with Gasteiger partial charge in [-0.15, -0.1) is 0 Å². The molecule has 0 saturated carbocycles. The molecule has 0 aliphatic heterocycles. The van der Waals surface area contributed by atoms with Gasteiger partial charge in [0.05, 0.1) is 0 Å². The van der Waals surface area contributed by atoms with Crippen molar-refractivity contribution in [3.8, 4) is 0 Å². The number of hydrogen-bond acceptors (Lipinski definition) is 1. The van der Waals surface area contributed by atoms with Crippen LogP contribution < -0.4 is 27.0 Å². The summed E-state index contributed by atoms with van der Waals surface area (Å²) in [7, 11) is -1.20. The molecule has 0 fully saturated rings. The van der Waals surface area contributed by atoms with Gasteiger partial charge in [-0.1, -0.05) is 125 Å². The van der Waals surface area contributed by atoms with E-state index in [9.17, 15) is 0 Å². The molecule has 3 heteroatoms. The predicted molar refractivity (Wildman–Crippen MR) is 235 cm³/mol. The van der Waals surface area contributed by atoms with Crippen molar-refractivity contribution >= 4 is 42.7 Å². The molecule has 0 aromatic heterocycles. The summed E-state index contributed by atoms with van der Waals surface area (Å²) in [6.07, 6.45) is 15.2. The average Bonchev–Trinajstić information content (AvgIpc) is 3.67. The van der Waals surface area contributed by atoms with Crippen LogP contribution in [0.2, 0.25) is 0 Å². The van der Waals surface area contributed by atoms with Gasteiger partial charge in [-0.25, -0.2) is 0 Å². The van der Waals surface area contributed by atoms with Gasteiger partial charge in [0, 0.05) is 11.3 Å². The van der Waals surface area contributed by atoms with Crippen molar-refractivity contribution < 1.29 is 0 Å². The second-order valence-corrected chi connectivity index (χ2v) is 21.8. The number of anilines is 1. The van der Waals surface area contributed by atoms with Crippen LogP contribution in [-0.2, 0) is 12.8 Å². The molecule has 0 bridgehead atoms. The molecule has 272 valence electrons. The lowest BCUT2D eigenvalue weighted by molar-refractivity contribution is 0.396. The summed E-state index contributed by atoms with van der Waals surface area (Å²) in [6, 6.07) is 28.7. The summed E-state index contributed by atoms with van der Waals surface area (Å²) >= 11 is 0. The lowest BCUT2D eigenvalue weighted by atomic mass is 9.82. The maximum atomic E-state index is 6.48. The monoisotopic (exact) mass is 733 g/mol. The highest BCUT2D eigenvalue weighted by Gasteiger charge is 2.40. The molecule has 0 radical (unpaired) electrons. The van der Waals surface area contributed by atoms with Crippen LogP contribution in [0.1, 0.15) is 85.4 Å². The maximum absolute atomic E-state index is 6.48. The van der Waals surface area contributed by atoms with Crippen LogP contribution in [0.5, 0.6) is 0 Å². The number of hydrogen-bond donors (Lipinski definition) is 1. The zero-order valence-electron chi connectivity index (χ0n) is 33.2. The van der Waals surface area contributed by atoms with E-state index in [0.717, 1.165) is 5.69 Å². The zero-order chi connectivity index (χ0) is 37.1. The fourth-order valence-electron chi connectivity index (χ4n) is 10.4. The molecule has 4 aromatic carbocycles. The Labute approximate surface area is 322 Å². The fraction of sp³-hybridized carbons (Fsp3) is 0.360. The first kappa shape index (κ1) is 36.5. The highest BCUT2D eigenvalue weighted by Crippen LogP contribution is 2.60. The molecular formula is C50H57NP2. The number of aryl methyl sites for hydroxylation is 5. The summed E-state index contributed by atoms with van der Waals surface area (Å²) in [5.41, 5.74) is 24.2. The van der Waals surface area contributed by atoms with E-state index in [1.165, 1.54) is 93.4 Å². The Hall–Kier alpha value is -3.50. The summed E-state index contributed by atoms with van der Waals surface area (Å²) in [4.78, 5) is 0. The van der Waals surface area contributed by atoms with Crippen molar-refractivity contribution in [3.63, 3.8) is 0 Å². The average molecular weight is 734 g/mol. The summed E-state index contributed by atoms with van der Waals surface area (Å²) in [5.74, 6) is 1.93. The Bertz CT molecular complexity index is 2120. The largest absolute Gasteiger partial charge is 0.399 e. The predicted octanol–water partition coefficient (Wildman–Crippen LogP) is 11.4. The first-order valence-corrected chi connectivity index (χ1v) is 22.7. The van der Waals surface area contributed by atoms with Crippen molar-refractivity contribution in [2.75, 3.05) is 5.73 Å². The van der Waals surface area contributed by atoms with Gasteiger partial charge >= 0.3 is 0 Å². The van der Waals surface area contributed by atoms with Crippen LogP contribution in [-0.4, -0.2) is 5.66 Å². The van der Waals surface area contributed by atoms with Gasteiger partial charge < -0.3 is 5.73 Å². The van der Waals surface area contributed by atoms with E-state index in [1.807, 2.05) is 0 Å². The number of nitrogen functional groups attached to an aromatic ring is 1. The normalized spacial score (nSPS) is 23.6. The molecule has 4 aliphatic rings. The van der Waals surface area contributed by atoms with Crippen LogP contribution >= 0.6 is 15.8 Å². The van der Waals surface area contributed by atoms with E-state index in [4.69, 9.17) is 5.73 Å². The van der Waals surface area contributed by atoms with Crippen molar-refractivity contribution in [1.29, 1.82) is 0 Å². The molecular weight excluding hydrogens is 677 g/mol. The topological polar surface area (TPSA) is 26.0 Å². The Morgan fingerprint density at radius 3 is 1.89 bits per heavy atom. The van der Waals surface area contributed by atoms with Crippen LogP contribution in [0.4, 0.5) is 5.69 Å². The molecule has 8 rings (SSSR count). The minimum Gasteiger partial charge on any atom is -0.399 e. The number of benzene rings is 4. The smallest absolute Gasteiger partial charge is 0.0323 e. The first-order chi connectivity index (χ1) is 25.4. The third kappa shape index (κ3) is 7.47. The molecule has 4 aromatic rings. The van der Waals surface area contributed by atoms with Gasteiger partial charge in [0.25, 0.3) is 0 Å². The zero-order valence-corrected chi connectivity index (χ0v) is 35.0. The van der Waals surface area contributed by atoms with Crippen LogP contribution in [0.25, 0.3) is 0 Å². The van der Waals surface area contributed by atoms with Gasteiger partial charge in [-0.3, -0.25) is 0 Å². The van der Waals surface area contributed by atoms with Gasteiger partial charge in [-0.05, 0) is 182 Å². The van der Waals surface area contributed by atoms with E-state index < -0.39 is 15.8 Å². The third-order valence-corrected chi connectivity index (χ3v) is 17.5. The minimum absolute atomic E-state index is 0.481. The van der Waals surface area contributed by atoms with E-state index >= 15 is 0 Å². The van der Waals surface area contributed by atoms with Gasteiger partial charge in [0.2, 0.25) is 0 Å². The molecule has 0 spiro atoms. The number of allylic oxidation sites excluding steroid dienone is 8. The van der Waals surface area contributed by atoms with Gasteiger partial charge in [0.15, 0.2) is 0 Å². The van der Waals surface area contributed by atoms with E-state index in [0.29, 0.717) is 23.4 Å². The van der Waals surface area contributed by atoms with E-state index in [1.54, 1.807) is 32.9 Å². The third-order valence-electron chi connectivity index (χ3n) is 12.3. The second-order valence-electron chi connectivity index (χ2n) is 17.2. The van der Waals surface area contributed by atoms with Gasteiger partial charge in [-0.2, -0.15) is 0 Å². The second kappa shape index (κ2) is 14.6. The number of fused-ring (bicyclic) bond motifs is 1. The fourth-order valence-corrected chi connectivity index (χ4v) is 16.5.